The number of rotatable bonds is 6. The summed E-state index contributed by atoms with van der Waals surface area (Å²) >= 11 is 0. The number of benzene rings is 2. The highest BCUT2D eigenvalue weighted by Gasteiger charge is 2.26. The maximum absolute atomic E-state index is 12.6. The third-order valence-corrected chi connectivity index (χ3v) is 4.49. The largest absolute Gasteiger partial charge is 0.496 e. The molecule has 2 aromatic carbocycles. The van der Waals surface area contributed by atoms with E-state index < -0.39 is 0 Å². The molecule has 0 aliphatic carbocycles. The molecule has 0 aromatic heterocycles. The summed E-state index contributed by atoms with van der Waals surface area (Å²) in [5.74, 6) is 2.41. The number of ether oxygens (including phenoxy) is 4. The molecule has 26 heavy (non-hydrogen) atoms. The van der Waals surface area contributed by atoms with Crippen LogP contribution < -0.4 is 24.3 Å². The molecule has 1 atom stereocenters. The van der Waals surface area contributed by atoms with Crippen LogP contribution in [-0.4, -0.2) is 33.8 Å². The van der Waals surface area contributed by atoms with Gasteiger partial charge in [0.05, 0.1) is 27.2 Å². The number of methoxy groups -OCH3 is 3. The lowest BCUT2D eigenvalue weighted by molar-refractivity contribution is -0.126. The highest BCUT2D eigenvalue weighted by atomic mass is 16.5. The minimum absolute atomic E-state index is 0.0451. The molecular formula is C20H23NO5. The fraction of sp³-hybridized carbons (Fsp3) is 0.350. The van der Waals surface area contributed by atoms with Gasteiger partial charge in [-0.1, -0.05) is 18.2 Å². The van der Waals surface area contributed by atoms with Crippen molar-refractivity contribution in [2.45, 2.75) is 13.0 Å². The molecule has 0 radical (unpaired) electrons. The van der Waals surface area contributed by atoms with E-state index in [0.717, 1.165) is 16.9 Å². The number of hydrogen-bond acceptors (Lipinski definition) is 5. The van der Waals surface area contributed by atoms with Crippen molar-refractivity contribution in [1.29, 1.82) is 0 Å². The molecule has 0 saturated heterocycles. The topological polar surface area (TPSA) is 66.0 Å². The molecule has 0 fully saturated rings. The maximum atomic E-state index is 12.6. The van der Waals surface area contributed by atoms with Crippen LogP contribution in [0.3, 0.4) is 0 Å². The summed E-state index contributed by atoms with van der Waals surface area (Å²) in [6.07, 6.45) is 0.672. The summed E-state index contributed by atoms with van der Waals surface area (Å²) in [6, 6.07) is 11.4. The van der Waals surface area contributed by atoms with Crippen LogP contribution in [0.25, 0.3) is 0 Å². The summed E-state index contributed by atoms with van der Waals surface area (Å²) in [6.45, 7) is 0.715. The molecular weight excluding hydrogens is 334 g/mol. The number of para-hydroxylation sites is 1. The lowest BCUT2D eigenvalue weighted by Gasteiger charge is -2.24. The second-order valence-electron chi connectivity index (χ2n) is 6.06. The van der Waals surface area contributed by atoms with Crippen LogP contribution in [0.2, 0.25) is 0 Å². The van der Waals surface area contributed by atoms with Crippen molar-refractivity contribution in [1.82, 2.24) is 5.32 Å². The fourth-order valence-corrected chi connectivity index (χ4v) is 3.05. The number of carbonyl (C=O) groups is 1. The van der Waals surface area contributed by atoms with Gasteiger partial charge in [0.2, 0.25) is 5.91 Å². The highest BCUT2D eigenvalue weighted by Crippen LogP contribution is 2.34. The predicted octanol–water partition coefficient (Wildman–Crippen LogP) is 2.58. The van der Waals surface area contributed by atoms with Gasteiger partial charge in [-0.05, 0) is 24.1 Å². The first-order valence-corrected chi connectivity index (χ1v) is 8.43. The van der Waals surface area contributed by atoms with Crippen LogP contribution in [0.1, 0.15) is 11.1 Å². The van der Waals surface area contributed by atoms with Crippen molar-refractivity contribution in [2.75, 3.05) is 27.9 Å². The number of fused-ring (bicyclic) bond motifs is 1. The fourth-order valence-electron chi connectivity index (χ4n) is 3.05. The molecule has 1 N–H and O–H groups in total. The molecule has 1 heterocycles. The summed E-state index contributed by atoms with van der Waals surface area (Å²) < 4.78 is 21.7. The van der Waals surface area contributed by atoms with Gasteiger partial charge in [0.15, 0.2) is 11.5 Å². The molecule has 3 rings (SSSR count). The summed E-state index contributed by atoms with van der Waals surface area (Å²) in [5, 5.41) is 2.97. The second kappa shape index (κ2) is 7.99. The van der Waals surface area contributed by atoms with Crippen molar-refractivity contribution in [3.63, 3.8) is 0 Å². The number of hydrogen-bond donors (Lipinski definition) is 1. The normalized spacial score (nSPS) is 15.4. The van der Waals surface area contributed by atoms with Gasteiger partial charge in [0.25, 0.3) is 0 Å². The van der Waals surface area contributed by atoms with E-state index in [1.807, 2.05) is 30.3 Å². The lowest BCUT2D eigenvalue weighted by Crippen LogP contribution is -2.37. The van der Waals surface area contributed by atoms with Gasteiger partial charge in [-0.15, -0.1) is 0 Å². The van der Waals surface area contributed by atoms with Crippen LogP contribution in [-0.2, 0) is 17.8 Å². The summed E-state index contributed by atoms with van der Waals surface area (Å²) in [5.41, 5.74) is 1.87. The molecule has 6 heteroatoms. The Hall–Kier alpha value is -2.89. The van der Waals surface area contributed by atoms with E-state index >= 15 is 0 Å². The van der Waals surface area contributed by atoms with Gasteiger partial charge >= 0.3 is 0 Å². The van der Waals surface area contributed by atoms with Crippen LogP contribution in [0.4, 0.5) is 0 Å². The third kappa shape index (κ3) is 3.69. The zero-order valence-corrected chi connectivity index (χ0v) is 15.2. The predicted molar refractivity (Wildman–Crippen MR) is 97.1 cm³/mol. The summed E-state index contributed by atoms with van der Waals surface area (Å²) in [4.78, 5) is 12.6. The molecule has 1 aliphatic heterocycles. The van der Waals surface area contributed by atoms with Crippen molar-refractivity contribution in [3.05, 3.63) is 47.5 Å². The summed E-state index contributed by atoms with van der Waals surface area (Å²) in [7, 11) is 4.72. The smallest absolute Gasteiger partial charge is 0.227 e. The molecule has 1 aliphatic rings. The van der Waals surface area contributed by atoms with Crippen molar-refractivity contribution in [3.8, 4) is 23.0 Å². The SMILES string of the molecule is COc1cc(OC)c(OC)cc1CNC(=O)C1COc2ccccc2C1. The average Bonchev–Trinajstić information content (AvgIpc) is 2.70. The zero-order valence-electron chi connectivity index (χ0n) is 15.2. The molecule has 1 amide bonds. The van der Waals surface area contributed by atoms with Crippen molar-refractivity contribution in [2.24, 2.45) is 5.92 Å². The Balaban J connectivity index is 1.68. The standard InChI is InChI=1S/C20H23NO5/c1-23-17-10-19(25-3)18(24-2)9-14(17)11-21-20(22)15-8-13-6-4-5-7-16(13)26-12-15/h4-7,9-10,15H,8,11-12H2,1-3H3,(H,21,22). The molecule has 1 unspecified atom stereocenters. The first kappa shape index (κ1) is 17.9. The van der Waals surface area contributed by atoms with Gasteiger partial charge in [0, 0.05) is 18.2 Å². The number of carbonyl (C=O) groups excluding carboxylic acids is 1. The van der Waals surface area contributed by atoms with Crippen LogP contribution in [0.5, 0.6) is 23.0 Å². The van der Waals surface area contributed by atoms with Gasteiger partial charge < -0.3 is 24.3 Å². The van der Waals surface area contributed by atoms with Crippen LogP contribution in [0.15, 0.2) is 36.4 Å². The molecule has 0 spiro atoms. The van der Waals surface area contributed by atoms with E-state index in [1.165, 1.54) is 0 Å². The number of amides is 1. The van der Waals surface area contributed by atoms with E-state index in [0.29, 0.717) is 36.8 Å². The Morgan fingerprint density at radius 1 is 1.08 bits per heavy atom. The van der Waals surface area contributed by atoms with Crippen LogP contribution in [0, 0.1) is 5.92 Å². The van der Waals surface area contributed by atoms with Crippen molar-refractivity contribution < 1.29 is 23.7 Å². The lowest BCUT2D eigenvalue weighted by atomic mass is 9.96. The second-order valence-corrected chi connectivity index (χ2v) is 6.06. The molecule has 138 valence electrons. The molecule has 2 aromatic rings. The van der Waals surface area contributed by atoms with Crippen molar-refractivity contribution >= 4 is 5.91 Å². The van der Waals surface area contributed by atoms with Gasteiger partial charge in [-0.3, -0.25) is 4.79 Å². The Bertz CT molecular complexity index is 790. The van der Waals surface area contributed by atoms with Gasteiger partial charge in [-0.25, -0.2) is 0 Å². The van der Waals surface area contributed by atoms with E-state index in [-0.39, 0.29) is 11.8 Å². The molecule has 0 bridgehead atoms. The quantitative estimate of drug-likeness (QED) is 0.861. The van der Waals surface area contributed by atoms with Gasteiger partial charge in [0.1, 0.15) is 18.1 Å². The van der Waals surface area contributed by atoms with E-state index in [9.17, 15) is 4.79 Å². The van der Waals surface area contributed by atoms with E-state index in [1.54, 1.807) is 27.4 Å². The van der Waals surface area contributed by atoms with Crippen LogP contribution >= 0.6 is 0 Å². The van der Waals surface area contributed by atoms with E-state index in [4.69, 9.17) is 18.9 Å². The Labute approximate surface area is 153 Å². The average molecular weight is 357 g/mol. The zero-order chi connectivity index (χ0) is 18.5. The Morgan fingerprint density at radius 2 is 1.77 bits per heavy atom. The number of nitrogens with one attached hydrogen (secondary N) is 1. The minimum atomic E-state index is -0.212. The Morgan fingerprint density at radius 3 is 2.50 bits per heavy atom. The maximum Gasteiger partial charge on any atom is 0.227 e. The van der Waals surface area contributed by atoms with Gasteiger partial charge in [-0.2, -0.15) is 0 Å². The first-order valence-electron chi connectivity index (χ1n) is 8.43. The Kier molecular flexibility index (Phi) is 5.51. The van der Waals surface area contributed by atoms with E-state index in [2.05, 4.69) is 5.32 Å². The molecule has 6 nitrogen and oxygen atoms in total. The first-order chi connectivity index (χ1) is 12.7. The highest BCUT2D eigenvalue weighted by molar-refractivity contribution is 5.79. The third-order valence-electron chi connectivity index (χ3n) is 4.49. The minimum Gasteiger partial charge on any atom is -0.496 e. The molecule has 0 saturated carbocycles. The monoisotopic (exact) mass is 357 g/mol.